The number of ether oxygens (including phenoxy) is 1. The highest BCUT2D eigenvalue weighted by atomic mass is 35.5. The molecule has 1 aromatic heterocycles. The monoisotopic (exact) mass is 513 g/mol. The Morgan fingerprint density at radius 1 is 0.941 bits per heavy atom. The Kier molecular flexibility index (Phi) is 7.94. The van der Waals surface area contributed by atoms with Gasteiger partial charge in [-0.2, -0.15) is 0 Å². The van der Waals surface area contributed by atoms with Crippen molar-refractivity contribution in [2.75, 3.05) is 26.2 Å². The Labute approximate surface area is 210 Å². The molecule has 0 atom stereocenters. The molecule has 0 saturated carbocycles. The largest absolute Gasteiger partial charge is 0.494 e. The second kappa shape index (κ2) is 10.9. The zero-order chi connectivity index (χ0) is 24.1. The number of rotatable bonds is 10. The zero-order valence-corrected chi connectivity index (χ0v) is 21.7. The molecule has 0 fully saturated rings. The van der Waals surface area contributed by atoms with Crippen LogP contribution in [0.3, 0.4) is 0 Å². The molecule has 0 spiro atoms. The summed E-state index contributed by atoms with van der Waals surface area (Å²) in [5, 5.41) is 1.42. The van der Waals surface area contributed by atoms with Crippen LogP contribution < -0.4 is 4.74 Å². The second-order valence-corrected chi connectivity index (χ2v) is 11.6. The number of nitrogens with zero attached hydrogens (tertiary/aromatic N) is 1. The van der Waals surface area contributed by atoms with Crippen LogP contribution in [0.2, 0.25) is 5.02 Å². The molecule has 0 aliphatic rings. The highest BCUT2D eigenvalue weighted by Gasteiger charge is 2.27. The molecule has 0 amide bonds. The van der Waals surface area contributed by atoms with E-state index in [0.29, 0.717) is 27.2 Å². The predicted octanol–water partition coefficient (Wildman–Crippen LogP) is 7.17. The third kappa shape index (κ3) is 5.31. The average molecular weight is 514 g/mol. The van der Waals surface area contributed by atoms with E-state index in [9.17, 15) is 8.42 Å². The van der Waals surface area contributed by atoms with Crippen molar-refractivity contribution in [3.63, 3.8) is 0 Å². The molecule has 4 aromatic rings. The lowest BCUT2D eigenvalue weighted by Crippen LogP contribution is -2.25. The van der Waals surface area contributed by atoms with Gasteiger partial charge in [0.2, 0.25) is 9.84 Å². The van der Waals surface area contributed by atoms with E-state index in [1.54, 1.807) is 30.3 Å². The smallest absolute Gasteiger partial charge is 0.216 e. The second-order valence-electron chi connectivity index (χ2n) is 7.97. The van der Waals surface area contributed by atoms with Gasteiger partial charge in [0.25, 0.3) is 0 Å². The van der Waals surface area contributed by atoms with Crippen molar-refractivity contribution in [1.82, 2.24) is 4.90 Å². The first-order valence-electron chi connectivity index (χ1n) is 11.4. The van der Waals surface area contributed by atoms with Gasteiger partial charge in [-0.3, -0.25) is 0 Å². The van der Waals surface area contributed by atoms with E-state index in [0.717, 1.165) is 41.7 Å². The fraction of sp³-hybridized carbons (Fsp3) is 0.259. The summed E-state index contributed by atoms with van der Waals surface area (Å²) < 4.78 is 34.5. The van der Waals surface area contributed by atoms with Crippen molar-refractivity contribution in [2.24, 2.45) is 0 Å². The van der Waals surface area contributed by atoms with Gasteiger partial charge in [0.15, 0.2) is 0 Å². The van der Waals surface area contributed by atoms with Gasteiger partial charge in [0, 0.05) is 27.2 Å². The minimum atomic E-state index is -3.74. The number of fused-ring (bicyclic) bond motifs is 1. The molecule has 4 rings (SSSR count). The first kappa shape index (κ1) is 24.7. The lowest BCUT2D eigenvalue weighted by Gasteiger charge is -2.17. The lowest BCUT2D eigenvalue weighted by molar-refractivity contribution is 0.249. The highest BCUT2D eigenvalue weighted by Crippen LogP contribution is 2.44. The van der Waals surface area contributed by atoms with E-state index >= 15 is 0 Å². The van der Waals surface area contributed by atoms with Crippen LogP contribution in [0.5, 0.6) is 5.75 Å². The van der Waals surface area contributed by atoms with Crippen molar-refractivity contribution in [2.45, 2.75) is 29.4 Å². The van der Waals surface area contributed by atoms with E-state index in [4.69, 9.17) is 16.3 Å². The van der Waals surface area contributed by atoms with Crippen LogP contribution in [-0.4, -0.2) is 39.6 Å². The van der Waals surface area contributed by atoms with Crippen molar-refractivity contribution < 1.29 is 13.2 Å². The molecule has 0 aliphatic carbocycles. The van der Waals surface area contributed by atoms with Crippen molar-refractivity contribution >= 4 is 42.9 Å². The first-order valence-corrected chi connectivity index (χ1v) is 14.1. The Hall–Kier alpha value is -2.38. The molecule has 0 N–H and O–H groups in total. The average Bonchev–Trinajstić information content (AvgIpc) is 3.24. The van der Waals surface area contributed by atoms with E-state index in [1.807, 2.05) is 42.5 Å². The third-order valence-corrected chi connectivity index (χ3v) is 9.53. The molecule has 178 valence electrons. The molecule has 7 heteroatoms. The standard InChI is InChI=1S/C27H28ClNO3S2/c1-3-29(4-2)17-8-18-32-22-12-14-23(15-13-22)34(30,31)27-26(20-9-6-5-7-10-20)24-19-21(28)11-16-25(24)33-27/h5-7,9-16,19H,3-4,8,17-18H2,1-2H3. The van der Waals surface area contributed by atoms with Crippen LogP contribution in [0.1, 0.15) is 20.3 Å². The fourth-order valence-electron chi connectivity index (χ4n) is 3.95. The summed E-state index contributed by atoms with van der Waals surface area (Å²) in [5.41, 5.74) is 1.54. The summed E-state index contributed by atoms with van der Waals surface area (Å²) in [7, 11) is -3.74. The van der Waals surface area contributed by atoms with Gasteiger partial charge in [-0.25, -0.2) is 8.42 Å². The highest BCUT2D eigenvalue weighted by molar-refractivity contribution is 7.93. The molecule has 0 radical (unpaired) electrons. The Morgan fingerprint density at radius 2 is 1.65 bits per heavy atom. The van der Waals surface area contributed by atoms with Gasteiger partial charge in [0.1, 0.15) is 9.96 Å². The Morgan fingerprint density at radius 3 is 2.32 bits per heavy atom. The van der Waals surface area contributed by atoms with E-state index in [1.165, 1.54) is 11.3 Å². The van der Waals surface area contributed by atoms with Crippen LogP contribution in [-0.2, 0) is 9.84 Å². The molecule has 1 heterocycles. The van der Waals surface area contributed by atoms with Crippen LogP contribution in [0.25, 0.3) is 21.2 Å². The van der Waals surface area contributed by atoms with E-state index < -0.39 is 9.84 Å². The summed E-state index contributed by atoms with van der Waals surface area (Å²) in [6.45, 7) is 7.93. The van der Waals surface area contributed by atoms with Gasteiger partial charge >= 0.3 is 0 Å². The topological polar surface area (TPSA) is 46.6 Å². The minimum Gasteiger partial charge on any atom is -0.494 e. The van der Waals surface area contributed by atoms with Crippen molar-refractivity contribution in [1.29, 1.82) is 0 Å². The number of hydrogen-bond acceptors (Lipinski definition) is 5. The number of hydrogen-bond donors (Lipinski definition) is 0. The Bertz CT molecular complexity index is 1350. The molecule has 4 nitrogen and oxygen atoms in total. The summed E-state index contributed by atoms with van der Waals surface area (Å²) in [6, 6.07) is 21.8. The van der Waals surface area contributed by atoms with Crippen molar-refractivity contribution in [3.05, 3.63) is 77.8 Å². The van der Waals surface area contributed by atoms with Gasteiger partial charge in [0.05, 0.1) is 11.5 Å². The number of halogens is 1. The zero-order valence-electron chi connectivity index (χ0n) is 19.3. The number of thiophene rings is 1. The van der Waals surface area contributed by atoms with Gasteiger partial charge in [-0.05, 0) is 67.5 Å². The Balaban J connectivity index is 1.62. The third-order valence-electron chi connectivity index (χ3n) is 5.84. The molecule has 3 aromatic carbocycles. The molecule has 0 bridgehead atoms. The van der Waals surface area contributed by atoms with Gasteiger partial charge in [-0.1, -0.05) is 55.8 Å². The molecule has 34 heavy (non-hydrogen) atoms. The van der Waals surface area contributed by atoms with Crippen molar-refractivity contribution in [3.8, 4) is 16.9 Å². The summed E-state index contributed by atoms with van der Waals surface area (Å²) in [4.78, 5) is 2.60. The molecule has 0 unspecified atom stereocenters. The van der Waals surface area contributed by atoms with Gasteiger partial charge in [-0.15, -0.1) is 11.3 Å². The number of sulfone groups is 1. The maximum atomic E-state index is 13.7. The quantitative estimate of drug-likeness (QED) is 0.211. The molecular formula is C27H28ClNO3S2. The first-order chi connectivity index (χ1) is 16.4. The van der Waals surface area contributed by atoms with Crippen LogP contribution >= 0.6 is 22.9 Å². The lowest BCUT2D eigenvalue weighted by atomic mass is 10.1. The predicted molar refractivity (Wildman–Crippen MR) is 142 cm³/mol. The molecule has 0 saturated heterocycles. The fourth-order valence-corrected chi connectivity index (χ4v) is 7.27. The summed E-state index contributed by atoms with van der Waals surface area (Å²) in [6.07, 6.45) is 0.923. The SMILES string of the molecule is CCN(CC)CCCOc1ccc(S(=O)(=O)c2sc3ccc(Cl)cc3c2-c2ccccc2)cc1. The van der Waals surface area contributed by atoms with E-state index in [2.05, 4.69) is 18.7 Å². The van der Waals surface area contributed by atoms with Gasteiger partial charge < -0.3 is 9.64 Å². The van der Waals surface area contributed by atoms with Crippen LogP contribution in [0.15, 0.2) is 81.9 Å². The maximum absolute atomic E-state index is 13.7. The maximum Gasteiger partial charge on any atom is 0.216 e. The minimum absolute atomic E-state index is 0.248. The normalized spacial score (nSPS) is 11.9. The molecular weight excluding hydrogens is 486 g/mol. The van der Waals surface area contributed by atoms with E-state index in [-0.39, 0.29) is 4.90 Å². The number of benzene rings is 3. The van der Waals surface area contributed by atoms with Crippen LogP contribution in [0.4, 0.5) is 0 Å². The summed E-state index contributed by atoms with van der Waals surface area (Å²) in [5.74, 6) is 0.671. The summed E-state index contributed by atoms with van der Waals surface area (Å²) >= 11 is 7.54. The molecule has 0 aliphatic heterocycles. The van der Waals surface area contributed by atoms with Crippen LogP contribution in [0, 0.1) is 0 Å².